The summed E-state index contributed by atoms with van der Waals surface area (Å²) in [5.41, 5.74) is -0.114. The van der Waals surface area contributed by atoms with Crippen molar-refractivity contribution < 1.29 is 13.3 Å². The van der Waals surface area contributed by atoms with Crippen LogP contribution in [0.1, 0.15) is 19.8 Å². The third kappa shape index (κ3) is 2.76. The first kappa shape index (κ1) is 14.0. The van der Waals surface area contributed by atoms with Gasteiger partial charge in [0.2, 0.25) is 10.0 Å². The highest BCUT2D eigenvalue weighted by Crippen LogP contribution is 2.36. The maximum atomic E-state index is 12.3. The summed E-state index contributed by atoms with van der Waals surface area (Å²) in [5, 5.41) is 10.5. The average molecular weight is 284 g/mol. The Morgan fingerprint density at radius 3 is 2.26 bits per heavy atom. The molecule has 1 aliphatic rings. The first-order chi connectivity index (χ1) is 8.84. The van der Waals surface area contributed by atoms with E-state index in [4.69, 9.17) is 0 Å². The number of sulfonamides is 1. The van der Waals surface area contributed by atoms with Crippen LogP contribution in [-0.2, 0) is 10.0 Å². The van der Waals surface area contributed by atoms with E-state index in [-0.39, 0.29) is 16.6 Å². The van der Waals surface area contributed by atoms with Crippen LogP contribution in [-0.4, -0.2) is 30.7 Å². The van der Waals surface area contributed by atoms with E-state index in [0.717, 1.165) is 12.8 Å². The minimum absolute atomic E-state index is 0.0415. The van der Waals surface area contributed by atoms with Crippen molar-refractivity contribution in [3.05, 3.63) is 34.4 Å². The number of hydrogen-bond acceptors (Lipinski definition) is 4. The first-order valence-corrected chi connectivity index (χ1v) is 7.50. The molecular weight excluding hydrogens is 268 g/mol. The Hall–Kier alpha value is -1.47. The summed E-state index contributed by atoms with van der Waals surface area (Å²) in [6, 6.07) is 4.94. The molecule has 0 N–H and O–H groups in total. The lowest BCUT2D eigenvalue weighted by molar-refractivity contribution is -0.384. The van der Waals surface area contributed by atoms with Crippen molar-refractivity contribution in [3.8, 4) is 0 Å². The minimum atomic E-state index is -3.57. The van der Waals surface area contributed by atoms with E-state index >= 15 is 0 Å². The molecule has 1 aliphatic carbocycles. The molecule has 1 saturated carbocycles. The van der Waals surface area contributed by atoms with Crippen LogP contribution in [0.2, 0.25) is 0 Å². The fraction of sp³-hybridized carbons (Fsp3) is 0.500. The van der Waals surface area contributed by atoms with Crippen molar-refractivity contribution >= 4 is 15.7 Å². The van der Waals surface area contributed by atoms with Crippen molar-refractivity contribution in [3.63, 3.8) is 0 Å². The molecule has 1 unspecified atom stereocenters. The Morgan fingerprint density at radius 1 is 1.32 bits per heavy atom. The summed E-state index contributed by atoms with van der Waals surface area (Å²) in [4.78, 5) is 10.1. The summed E-state index contributed by atoms with van der Waals surface area (Å²) >= 11 is 0. The highest BCUT2D eigenvalue weighted by Gasteiger charge is 2.36. The van der Waals surface area contributed by atoms with Gasteiger partial charge < -0.3 is 0 Å². The number of non-ortho nitro benzene ring substituents is 1. The van der Waals surface area contributed by atoms with Gasteiger partial charge in [0.1, 0.15) is 0 Å². The summed E-state index contributed by atoms with van der Waals surface area (Å²) in [6.07, 6.45) is 2.11. The fourth-order valence-corrected chi connectivity index (χ4v) is 3.42. The SMILES string of the molecule is CC(C1CC1)N(C)S(=O)(=O)c1ccc([N+](=O)[O-])cc1. The lowest BCUT2D eigenvalue weighted by Gasteiger charge is -2.24. The molecule has 0 aliphatic heterocycles. The third-order valence-corrected chi connectivity index (χ3v) is 5.56. The Kier molecular flexibility index (Phi) is 3.60. The molecule has 0 bridgehead atoms. The van der Waals surface area contributed by atoms with Crippen LogP contribution in [0.15, 0.2) is 29.2 Å². The van der Waals surface area contributed by atoms with E-state index in [2.05, 4.69) is 0 Å². The third-order valence-electron chi connectivity index (χ3n) is 3.60. The van der Waals surface area contributed by atoms with Gasteiger partial charge in [0, 0.05) is 25.2 Å². The number of nitro groups is 1. The minimum Gasteiger partial charge on any atom is -0.258 e. The van der Waals surface area contributed by atoms with E-state index < -0.39 is 14.9 Å². The highest BCUT2D eigenvalue weighted by molar-refractivity contribution is 7.89. The molecule has 1 fully saturated rings. The van der Waals surface area contributed by atoms with Crippen LogP contribution in [0.4, 0.5) is 5.69 Å². The molecule has 0 aromatic heterocycles. The zero-order valence-corrected chi connectivity index (χ0v) is 11.6. The molecule has 0 saturated heterocycles. The molecule has 1 aromatic carbocycles. The maximum absolute atomic E-state index is 12.3. The zero-order chi connectivity index (χ0) is 14.2. The maximum Gasteiger partial charge on any atom is 0.269 e. The van der Waals surface area contributed by atoms with Gasteiger partial charge in [0.05, 0.1) is 9.82 Å². The fourth-order valence-electron chi connectivity index (χ4n) is 2.00. The highest BCUT2D eigenvalue weighted by atomic mass is 32.2. The summed E-state index contributed by atoms with van der Waals surface area (Å²) in [6.45, 7) is 1.89. The van der Waals surface area contributed by atoms with Gasteiger partial charge in [-0.1, -0.05) is 0 Å². The van der Waals surface area contributed by atoms with Gasteiger partial charge in [-0.15, -0.1) is 0 Å². The molecule has 1 atom stereocenters. The number of hydrogen-bond donors (Lipinski definition) is 0. The predicted molar refractivity (Wildman–Crippen MR) is 70.2 cm³/mol. The molecular formula is C12H16N2O4S. The summed E-state index contributed by atoms with van der Waals surface area (Å²) in [7, 11) is -2.02. The largest absolute Gasteiger partial charge is 0.269 e. The molecule has 2 rings (SSSR count). The molecule has 1 aromatic rings. The predicted octanol–water partition coefficient (Wildman–Crippen LogP) is 2.01. The Bertz CT molecular complexity index is 578. The molecule has 0 heterocycles. The second-order valence-electron chi connectivity index (χ2n) is 4.85. The Labute approximate surface area is 112 Å². The van der Waals surface area contributed by atoms with Crippen molar-refractivity contribution in [2.75, 3.05) is 7.05 Å². The van der Waals surface area contributed by atoms with Gasteiger partial charge in [0.25, 0.3) is 5.69 Å². The van der Waals surface area contributed by atoms with E-state index in [1.165, 1.54) is 28.6 Å². The van der Waals surface area contributed by atoms with Crippen LogP contribution in [0.25, 0.3) is 0 Å². The van der Waals surface area contributed by atoms with Gasteiger partial charge in [0.15, 0.2) is 0 Å². The van der Waals surface area contributed by atoms with E-state index in [9.17, 15) is 18.5 Å². The molecule has 7 heteroatoms. The molecule has 104 valence electrons. The molecule has 0 amide bonds. The van der Waals surface area contributed by atoms with Gasteiger partial charge in [-0.3, -0.25) is 10.1 Å². The first-order valence-electron chi connectivity index (χ1n) is 6.06. The number of benzene rings is 1. The van der Waals surface area contributed by atoms with Crippen LogP contribution >= 0.6 is 0 Å². The van der Waals surface area contributed by atoms with Crippen LogP contribution < -0.4 is 0 Å². The molecule has 6 nitrogen and oxygen atoms in total. The van der Waals surface area contributed by atoms with Crippen molar-refractivity contribution in [2.45, 2.75) is 30.7 Å². The second kappa shape index (κ2) is 4.90. The molecule has 0 spiro atoms. The Morgan fingerprint density at radius 2 is 1.84 bits per heavy atom. The summed E-state index contributed by atoms with van der Waals surface area (Å²) in [5.74, 6) is 0.429. The molecule has 19 heavy (non-hydrogen) atoms. The van der Waals surface area contributed by atoms with E-state index in [0.29, 0.717) is 5.92 Å². The molecule has 0 radical (unpaired) electrons. The van der Waals surface area contributed by atoms with Gasteiger partial charge >= 0.3 is 0 Å². The normalized spacial score (nSPS) is 17.4. The Balaban J connectivity index is 2.25. The number of rotatable bonds is 5. The monoisotopic (exact) mass is 284 g/mol. The zero-order valence-electron chi connectivity index (χ0n) is 10.8. The lowest BCUT2D eigenvalue weighted by atomic mass is 10.2. The number of nitrogens with zero attached hydrogens (tertiary/aromatic N) is 2. The van der Waals surface area contributed by atoms with E-state index in [1.54, 1.807) is 7.05 Å². The summed E-state index contributed by atoms with van der Waals surface area (Å²) < 4.78 is 26.0. The van der Waals surface area contributed by atoms with E-state index in [1.807, 2.05) is 6.92 Å². The van der Waals surface area contributed by atoms with Gasteiger partial charge in [-0.2, -0.15) is 4.31 Å². The van der Waals surface area contributed by atoms with Crippen molar-refractivity contribution in [1.29, 1.82) is 0 Å². The lowest BCUT2D eigenvalue weighted by Crippen LogP contribution is -2.36. The van der Waals surface area contributed by atoms with Crippen LogP contribution in [0.5, 0.6) is 0 Å². The van der Waals surface area contributed by atoms with Crippen molar-refractivity contribution in [1.82, 2.24) is 4.31 Å². The number of nitro benzene ring substituents is 1. The standard InChI is InChI=1S/C12H16N2O4S/c1-9(10-3-4-10)13(2)19(17,18)12-7-5-11(6-8-12)14(15)16/h5-10H,3-4H2,1-2H3. The second-order valence-corrected chi connectivity index (χ2v) is 6.85. The van der Waals surface area contributed by atoms with Gasteiger partial charge in [-0.05, 0) is 37.8 Å². The van der Waals surface area contributed by atoms with Crippen LogP contribution in [0, 0.1) is 16.0 Å². The average Bonchev–Trinajstić information content (AvgIpc) is 3.21. The topological polar surface area (TPSA) is 80.5 Å². The van der Waals surface area contributed by atoms with Gasteiger partial charge in [-0.25, -0.2) is 8.42 Å². The van der Waals surface area contributed by atoms with Crippen LogP contribution in [0.3, 0.4) is 0 Å². The van der Waals surface area contributed by atoms with Crippen molar-refractivity contribution in [2.24, 2.45) is 5.92 Å². The smallest absolute Gasteiger partial charge is 0.258 e. The quantitative estimate of drug-likeness (QED) is 0.612.